The normalized spacial score (nSPS) is 14.1. The first kappa shape index (κ1) is 16.5. The number of benzene rings is 1. The first-order chi connectivity index (χ1) is 11.4. The van der Waals surface area contributed by atoms with Gasteiger partial charge in [-0.15, -0.1) is 15.3 Å². The average Bonchev–Trinajstić information content (AvgIpc) is 2.96. The number of hydrogen-bond acceptors (Lipinski definition) is 5. The lowest BCUT2D eigenvalue weighted by Crippen LogP contribution is -2.31. The zero-order valence-corrected chi connectivity index (χ0v) is 13.4. The van der Waals surface area contributed by atoms with Gasteiger partial charge in [-0.2, -0.15) is 4.52 Å². The van der Waals surface area contributed by atoms with Gasteiger partial charge in [-0.25, -0.2) is 8.78 Å². The molecular formula is C15H14ClF2N5O. The second-order valence-electron chi connectivity index (χ2n) is 5.45. The molecule has 0 saturated carbocycles. The molecule has 6 nitrogen and oxygen atoms in total. The van der Waals surface area contributed by atoms with Crippen molar-refractivity contribution in [1.82, 2.24) is 19.8 Å². The van der Waals surface area contributed by atoms with E-state index in [-0.39, 0.29) is 12.2 Å². The number of halogens is 3. The molecule has 24 heavy (non-hydrogen) atoms. The summed E-state index contributed by atoms with van der Waals surface area (Å²) in [6.45, 7) is 1.68. The second kappa shape index (κ2) is 6.29. The number of nitrogens with zero attached hydrogens (tertiary/aromatic N) is 4. The molecule has 1 atom stereocenters. The van der Waals surface area contributed by atoms with Gasteiger partial charge in [0.25, 0.3) is 6.43 Å². The quantitative estimate of drug-likeness (QED) is 0.737. The van der Waals surface area contributed by atoms with Gasteiger partial charge in [-0.3, -0.25) is 0 Å². The van der Waals surface area contributed by atoms with E-state index in [4.69, 9.17) is 11.6 Å². The Balaban J connectivity index is 1.82. The lowest BCUT2D eigenvalue weighted by molar-refractivity contribution is 0.0715. The minimum Gasteiger partial charge on any atom is -0.384 e. The summed E-state index contributed by atoms with van der Waals surface area (Å²) in [5, 5.41) is 25.0. The second-order valence-corrected chi connectivity index (χ2v) is 5.86. The van der Waals surface area contributed by atoms with E-state index in [0.717, 1.165) is 4.52 Å². The summed E-state index contributed by atoms with van der Waals surface area (Å²) in [6.07, 6.45) is -2.78. The highest BCUT2D eigenvalue weighted by molar-refractivity contribution is 6.31. The molecule has 3 aromatic rings. The SMILES string of the molecule is CC(O)(CNc1ccc2nnc(C(F)F)n2n1)c1ccccc1Cl. The van der Waals surface area contributed by atoms with Gasteiger partial charge >= 0.3 is 0 Å². The Hall–Kier alpha value is -2.32. The number of nitrogens with one attached hydrogen (secondary N) is 1. The predicted octanol–water partition coefficient (Wildman–Crippen LogP) is 3.03. The van der Waals surface area contributed by atoms with Crippen molar-refractivity contribution in [3.8, 4) is 0 Å². The lowest BCUT2D eigenvalue weighted by Gasteiger charge is -2.25. The molecule has 1 unspecified atom stereocenters. The number of aromatic nitrogens is 4. The van der Waals surface area contributed by atoms with Gasteiger partial charge in [0, 0.05) is 17.1 Å². The average molecular weight is 354 g/mol. The van der Waals surface area contributed by atoms with E-state index < -0.39 is 17.9 Å². The first-order valence-electron chi connectivity index (χ1n) is 7.10. The fourth-order valence-corrected chi connectivity index (χ4v) is 2.63. The van der Waals surface area contributed by atoms with Crippen molar-refractivity contribution < 1.29 is 13.9 Å². The van der Waals surface area contributed by atoms with E-state index in [2.05, 4.69) is 20.6 Å². The topological polar surface area (TPSA) is 75.3 Å². The van der Waals surface area contributed by atoms with Gasteiger partial charge in [0.2, 0.25) is 5.82 Å². The molecule has 0 aliphatic carbocycles. The van der Waals surface area contributed by atoms with E-state index >= 15 is 0 Å². The summed E-state index contributed by atoms with van der Waals surface area (Å²) >= 11 is 6.10. The molecule has 2 heterocycles. The summed E-state index contributed by atoms with van der Waals surface area (Å²) in [5.41, 5.74) is -0.500. The molecule has 0 spiro atoms. The molecule has 2 N–H and O–H groups in total. The largest absolute Gasteiger partial charge is 0.384 e. The van der Waals surface area contributed by atoms with Gasteiger partial charge in [-0.05, 0) is 25.1 Å². The number of hydrogen-bond donors (Lipinski definition) is 2. The van der Waals surface area contributed by atoms with Crippen LogP contribution < -0.4 is 5.32 Å². The molecule has 0 radical (unpaired) electrons. The fourth-order valence-electron chi connectivity index (χ4n) is 2.29. The van der Waals surface area contributed by atoms with E-state index in [1.165, 1.54) is 6.07 Å². The molecule has 3 rings (SSSR count). The molecule has 9 heteroatoms. The van der Waals surface area contributed by atoms with Crippen LogP contribution in [0.15, 0.2) is 36.4 Å². The molecule has 2 aromatic heterocycles. The van der Waals surface area contributed by atoms with Crippen LogP contribution >= 0.6 is 11.6 Å². The highest BCUT2D eigenvalue weighted by Crippen LogP contribution is 2.28. The van der Waals surface area contributed by atoms with Crippen LogP contribution in [-0.4, -0.2) is 31.5 Å². The number of anilines is 1. The van der Waals surface area contributed by atoms with Crippen LogP contribution in [0.3, 0.4) is 0 Å². The lowest BCUT2D eigenvalue weighted by atomic mass is 9.96. The Morgan fingerprint density at radius 3 is 2.71 bits per heavy atom. The third kappa shape index (κ3) is 3.15. The monoisotopic (exact) mass is 353 g/mol. The van der Waals surface area contributed by atoms with Crippen LogP contribution in [0.2, 0.25) is 5.02 Å². The van der Waals surface area contributed by atoms with Gasteiger partial charge in [0.1, 0.15) is 11.4 Å². The summed E-state index contributed by atoms with van der Waals surface area (Å²) < 4.78 is 26.7. The third-order valence-electron chi connectivity index (χ3n) is 3.55. The maximum Gasteiger partial charge on any atom is 0.299 e. The van der Waals surface area contributed by atoms with Crippen LogP contribution in [-0.2, 0) is 5.60 Å². The molecule has 126 valence electrons. The molecule has 0 bridgehead atoms. The van der Waals surface area contributed by atoms with Crippen LogP contribution in [0.25, 0.3) is 5.65 Å². The van der Waals surface area contributed by atoms with Gasteiger partial charge in [0.05, 0.1) is 0 Å². The van der Waals surface area contributed by atoms with Crippen molar-refractivity contribution in [3.05, 3.63) is 52.8 Å². The van der Waals surface area contributed by atoms with Crippen LogP contribution in [0.5, 0.6) is 0 Å². The standard InChI is InChI=1S/C15H14ClF2N5O/c1-15(24,9-4-2-3-5-10(9)16)8-19-11-6-7-12-20-21-14(13(17)18)23(12)22-11/h2-7,13,24H,8H2,1H3,(H,19,22). The smallest absolute Gasteiger partial charge is 0.299 e. The van der Waals surface area contributed by atoms with Crippen LogP contribution in [0.4, 0.5) is 14.6 Å². The zero-order valence-electron chi connectivity index (χ0n) is 12.6. The van der Waals surface area contributed by atoms with Crippen molar-refractivity contribution in [1.29, 1.82) is 0 Å². The Morgan fingerprint density at radius 2 is 2.00 bits per heavy atom. The molecule has 0 amide bonds. The van der Waals surface area contributed by atoms with E-state index in [1.807, 2.05) is 0 Å². The Morgan fingerprint density at radius 1 is 1.25 bits per heavy atom. The van der Waals surface area contributed by atoms with E-state index in [0.29, 0.717) is 16.4 Å². The van der Waals surface area contributed by atoms with E-state index in [9.17, 15) is 13.9 Å². The third-order valence-corrected chi connectivity index (χ3v) is 3.88. The van der Waals surface area contributed by atoms with E-state index in [1.54, 1.807) is 37.3 Å². The van der Waals surface area contributed by atoms with Gasteiger partial charge in [-0.1, -0.05) is 29.8 Å². The summed E-state index contributed by atoms with van der Waals surface area (Å²) in [4.78, 5) is 0. The highest BCUT2D eigenvalue weighted by Gasteiger charge is 2.25. The molecule has 0 fully saturated rings. The Bertz CT molecular complexity index is 868. The highest BCUT2D eigenvalue weighted by atomic mass is 35.5. The number of fused-ring (bicyclic) bond motifs is 1. The first-order valence-corrected chi connectivity index (χ1v) is 7.48. The molecule has 0 aliphatic rings. The van der Waals surface area contributed by atoms with Crippen molar-refractivity contribution in [2.75, 3.05) is 11.9 Å². The maximum atomic E-state index is 12.9. The summed E-state index contributed by atoms with van der Waals surface area (Å²) in [5.74, 6) is -0.233. The Kier molecular flexibility index (Phi) is 4.33. The summed E-state index contributed by atoms with van der Waals surface area (Å²) in [7, 11) is 0. The van der Waals surface area contributed by atoms with Crippen molar-refractivity contribution in [2.45, 2.75) is 19.0 Å². The van der Waals surface area contributed by atoms with Crippen molar-refractivity contribution >= 4 is 23.1 Å². The van der Waals surface area contributed by atoms with Gasteiger partial charge in [0.15, 0.2) is 5.65 Å². The molecule has 1 aromatic carbocycles. The number of rotatable bonds is 5. The fraction of sp³-hybridized carbons (Fsp3) is 0.267. The zero-order chi connectivity index (χ0) is 17.3. The minimum atomic E-state index is -2.78. The predicted molar refractivity (Wildman–Crippen MR) is 85.3 cm³/mol. The Labute approximate surface area is 141 Å². The number of alkyl halides is 2. The molecule has 0 aliphatic heterocycles. The number of aliphatic hydroxyl groups is 1. The van der Waals surface area contributed by atoms with Crippen molar-refractivity contribution in [2.24, 2.45) is 0 Å². The van der Waals surface area contributed by atoms with Crippen LogP contribution in [0.1, 0.15) is 24.7 Å². The van der Waals surface area contributed by atoms with Crippen LogP contribution in [0, 0.1) is 0 Å². The summed E-state index contributed by atoms with van der Waals surface area (Å²) in [6, 6.07) is 10.0. The molecular weight excluding hydrogens is 340 g/mol. The maximum absolute atomic E-state index is 12.9. The molecule has 0 saturated heterocycles. The van der Waals surface area contributed by atoms with Gasteiger partial charge < -0.3 is 10.4 Å². The minimum absolute atomic E-state index is 0.0847. The van der Waals surface area contributed by atoms with Crippen molar-refractivity contribution in [3.63, 3.8) is 0 Å².